The number of pyridine rings is 1. The highest BCUT2D eigenvalue weighted by Crippen LogP contribution is 2.37. The number of rotatable bonds is 4. The van der Waals surface area contributed by atoms with Crippen molar-refractivity contribution in [3.8, 4) is 33.6 Å². The van der Waals surface area contributed by atoms with Gasteiger partial charge in [-0.15, -0.1) is 0 Å². The molecule has 0 saturated heterocycles. The summed E-state index contributed by atoms with van der Waals surface area (Å²) in [6.07, 6.45) is 5.37. The van der Waals surface area contributed by atoms with E-state index in [0.717, 1.165) is 33.4 Å². The first kappa shape index (κ1) is 27.5. The zero-order valence-electron chi connectivity index (χ0n) is 26.7. The number of fused-ring (bicyclic) bond motifs is 7. The molecule has 0 aliphatic heterocycles. The normalized spacial score (nSPS) is 11.8. The van der Waals surface area contributed by atoms with Gasteiger partial charge < -0.3 is 9.13 Å². The minimum Gasteiger partial charge on any atom is -0.309 e. The second kappa shape index (κ2) is 10.7. The molecule has 0 amide bonds. The van der Waals surface area contributed by atoms with Crippen molar-refractivity contribution < 1.29 is 0 Å². The van der Waals surface area contributed by atoms with Gasteiger partial charge in [-0.1, -0.05) is 84.9 Å². The van der Waals surface area contributed by atoms with Crippen LogP contribution in [0, 0.1) is 6.92 Å². The molecule has 0 aliphatic rings. The Morgan fingerprint density at radius 1 is 0.429 bits per heavy atom. The Hall–Kier alpha value is -6.59. The Kier molecular flexibility index (Phi) is 6.02. The van der Waals surface area contributed by atoms with Crippen LogP contribution in [0.1, 0.15) is 5.56 Å². The third kappa shape index (κ3) is 4.29. The van der Waals surface area contributed by atoms with E-state index in [1.54, 1.807) is 12.4 Å². The van der Waals surface area contributed by atoms with E-state index in [1.165, 1.54) is 60.3 Å². The van der Waals surface area contributed by atoms with Crippen LogP contribution in [0.25, 0.3) is 88.1 Å². The van der Waals surface area contributed by atoms with E-state index < -0.39 is 0 Å². The van der Waals surface area contributed by atoms with Crippen molar-refractivity contribution in [1.82, 2.24) is 24.3 Å². The van der Waals surface area contributed by atoms with Crippen molar-refractivity contribution in [2.45, 2.75) is 6.92 Å². The first-order valence-electron chi connectivity index (χ1n) is 16.5. The number of benzene rings is 6. The number of aromatic nitrogens is 5. The zero-order chi connectivity index (χ0) is 32.5. The van der Waals surface area contributed by atoms with Gasteiger partial charge in [-0.3, -0.25) is 4.98 Å². The Morgan fingerprint density at radius 2 is 1.00 bits per heavy atom. The van der Waals surface area contributed by atoms with Crippen LogP contribution in [0.3, 0.4) is 0 Å². The Bertz CT molecular complexity index is 2840. The SMILES string of the molecule is Cc1cc(-c2ccc(-n3c4ccccc4c4cc(-n5c6ccccc6c6ccccc65)ccc43)cc2)ccc1-c1cnc2cnncc2c1. The van der Waals surface area contributed by atoms with Gasteiger partial charge in [0.25, 0.3) is 0 Å². The van der Waals surface area contributed by atoms with Crippen molar-refractivity contribution in [3.63, 3.8) is 0 Å². The van der Waals surface area contributed by atoms with Gasteiger partial charge in [0, 0.05) is 50.1 Å². The molecule has 0 aliphatic carbocycles. The van der Waals surface area contributed by atoms with E-state index in [9.17, 15) is 0 Å². The molecule has 0 radical (unpaired) electrons. The predicted octanol–water partition coefficient (Wildman–Crippen LogP) is 10.9. The third-order valence-electron chi connectivity index (χ3n) is 9.88. The van der Waals surface area contributed by atoms with Gasteiger partial charge in [0.1, 0.15) is 0 Å². The molecule has 0 bridgehead atoms. The summed E-state index contributed by atoms with van der Waals surface area (Å²) in [4.78, 5) is 4.59. The highest BCUT2D eigenvalue weighted by molar-refractivity contribution is 6.12. The van der Waals surface area contributed by atoms with Crippen molar-refractivity contribution in [1.29, 1.82) is 0 Å². The van der Waals surface area contributed by atoms with E-state index in [2.05, 4.69) is 171 Å². The number of hydrogen-bond donors (Lipinski definition) is 0. The van der Waals surface area contributed by atoms with Crippen molar-refractivity contribution in [2.75, 3.05) is 0 Å². The molecule has 10 aromatic rings. The average molecular weight is 628 g/mol. The summed E-state index contributed by atoms with van der Waals surface area (Å²) < 4.78 is 4.78. The molecule has 10 rings (SSSR count). The van der Waals surface area contributed by atoms with Crippen LogP contribution in [-0.2, 0) is 0 Å². The maximum absolute atomic E-state index is 4.59. The molecule has 5 nitrogen and oxygen atoms in total. The molecule has 6 aromatic carbocycles. The lowest BCUT2D eigenvalue weighted by atomic mass is 9.96. The molecule has 0 spiro atoms. The molecule has 49 heavy (non-hydrogen) atoms. The Morgan fingerprint density at radius 3 is 1.69 bits per heavy atom. The Balaban J connectivity index is 1.05. The molecule has 4 aromatic heterocycles. The van der Waals surface area contributed by atoms with Crippen molar-refractivity contribution in [3.05, 3.63) is 164 Å². The van der Waals surface area contributed by atoms with Crippen LogP contribution >= 0.6 is 0 Å². The highest BCUT2D eigenvalue weighted by Gasteiger charge is 2.16. The lowest BCUT2D eigenvalue weighted by molar-refractivity contribution is 1.04. The average Bonchev–Trinajstić information content (AvgIpc) is 3.67. The summed E-state index contributed by atoms with van der Waals surface area (Å²) in [5, 5.41) is 14.0. The predicted molar refractivity (Wildman–Crippen MR) is 202 cm³/mol. The summed E-state index contributed by atoms with van der Waals surface area (Å²) in [6, 6.07) is 50.7. The van der Waals surface area contributed by atoms with E-state index in [1.807, 2.05) is 6.20 Å². The monoisotopic (exact) mass is 627 g/mol. The van der Waals surface area contributed by atoms with Gasteiger partial charge in [-0.05, 0) is 83.8 Å². The molecule has 5 heteroatoms. The van der Waals surface area contributed by atoms with Crippen molar-refractivity contribution in [2.24, 2.45) is 0 Å². The maximum atomic E-state index is 4.59. The standard InChI is InChI=1S/C44H29N5/c1-28-22-30(16-20-35(28)31-23-32-26-46-47-27-40(32)45-25-31)29-14-17-33(18-15-29)48-43-13-7-4-10-38(43)39-24-34(19-21-44(39)48)49-41-11-5-2-8-36(41)37-9-3-6-12-42(37)49/h2-27H,1H3. The first-order valence-corrected chi connectivity index (χ1v) is 16.5. The number of aryl methyl sites for hydroxylation is 1. The molecular formula is C44H29N5. The fourth-order valence-corrected chi connectivity index (χ4v) is 7.58. The molecule has 0 atom stereocenters. The minimum atomic E-state index is 0.847. The first-order chi connectivity index (χ1) is 24.2. The molecule has 230 valence electrons. The van der Waals surface area contributed by atoms with Gasteiger partial charge in [-0.2, -0.15) is 10.2 Å². The summed E-state index contributed by atoms with van der Waals surface area (Å²) in [7, 11) is 0. The van der Waals surface area contributed by atoms with E-state index in [0.29, 0.717) is 0 Å². The van der Waals surface area contributed by atoms with Crippen LogP contribution in [-0.4, -0.2) is 24.3 Å². The van der Waals surface area contributed by atoms with Crippen LogP contribution in [0.15, 0.2) is 158 Å². The molecule has 0 N–H and O–H groups in total. The van der Waals surface area contributed by atoms with Gasteiger partial charge in [0.2, 0.25) is 0 Å². The van der Waals surface area contributed by atoms with Crippen LogP contribution < -0.4 is 0 Å². The third-order valence-corrected chi connectivity index (χ3v) is 9.88. The number of hydrogen-bond acceptors (Lipinski definition) is 3. The molecule has 0 unspecified atom stereocenters. The number of nitrogens with zero attached hydrogens (tertiary/aromatic N) is 5. The van der Waals surface area contributed by atoms with Crippen LogP contribution in [0.5, 0.6) is 0 Å². The smallest absolute Gasteiger partial charge is 0.0919 e. The maximum Gasteiger partial charge on any atom is 0.0919 e. The van der Waals surface area contributed by atoms with Gasteiger partial charge in [0.15, 0.2) is 0 Å². The second-order valence-corrected chi connectivity index (χ2v) is 12.7. The highest BCUT2D eigenvalue weighted by atomic mass is 15.1. The quantitative estimate of drug-likeness (QED) is 0.195. The van der Waals surface area contributed by atoms with Gasteiger partial charge >= 0.3 is 0 Å². The molecular weight excluding hydrogens is 599 g/mol. The number of para-hydroxylation sites is 3. The molecule has 0 fully saturated rings. The van der Waals surface area contributed by atoms with E-state index in [4.69, 9.17) is 0 Å². The largest absolute Gasteiger partial charge is 0.309 e. The van der Waals surface area contributed by atoms with E-state index >= 15 is 0 Å². The fraction of sp³-hybridized carbons (Fsp3) is 0.0227. The van der Waals surface area contributed by atoms with Crippen LogP contribution in [0.4, 0.5) is 0 Å². The van der Waals surface area contributed by atoms with Crippen molar-refractivity contribution >= 4 is 54.5 Å². The molecule has 0 saturated carbocycles. The summed E-state index contributed by atoms with van der Waals surface area (Å²) in [5.41, 5.74) is 13.8. The zero-order valence-corrected chi connectivity index (χ0v) is 26.7. The topological polar surface area (TPSA) is 48.5 Å². The second-order valence-electron chi connectivity index (χ2n) is 12.7. The Labute approximate surface area is 282 Å². The summed E-state index contributed by atoms with van der Waals surface area (Å²) in [6.45, 7) is 2.16. The lowest BCUT2D eigenvalue weighted by Gasteiger charge is -2.12. The molecule has 4 heterocycles. The van der Waals surface area contributed by atoms with Crippen LogP contribution in [0.2, 0.25) is 0 Å². The van der Waals surface area contributed by atoms with Gasteiger partial charge in [0.05, 0.1) is 40.0 Å². The lowest BCUT2D eigenvalue weighted by Crippen LogP contribution is -1.96. The minimum absolute atomic E-state index is 0.847. The van der Waals surface area contributed by atoms with E-state index in [-0.39, 0.29) is 0 Å². The van der Waals surface area contributed by atoms with Gasteiger partial charge in [-0.25, -0.2) is 0 Å². The summed E-state index contributed by atoms with van der Waals surface area (Å²) >= 11 is 0. The summed E-state index contributed by atoms with van der Waals surface area (Å²) in [5.74, 6) is 0. The fourth-order valence-electron chi connectivity index (χ4n) is 7.58.